The van der Waals surface area contributed by atoms with E-state index in [9.17, 15) is 9.59 Å². The highest BCUT2D eigenvalue weighted by Gasteiger charge is 2.07. The van der Waals surface area contributed by atoms with Crippen LogP contribution in [0.15, 0.2) is 47.4 Å². The van der Waals surface area contributed by atoms with Gasteiger partial charge in [-0.3, -0.25) is 9.59 Å². The molecule has 0 saturated carbocycles. The minimum absolute atomic E-state index is 0.0141. The number of Topliss-reactive ketones (excluding diaryl/α,β-unsaturated/α-hetero) is 1. The Kier molecular flexibility index (Phi) is 5.08. The largest absolute Gasteiger partial charge is 0.355 e. The van der Waals surface area contributed by atoms with Crippen molar-refractivity contribution in [2.75, 3.05) is 11.9 Å². The number of pyridine rings is 1. The number of halogens is 1. The Bertz CT molecular complexity index is 730. The fraction of sp³-hybridized carbons (Fsp3) is 0.0714. The van der Waals surface area contributed by atoms with Gasteiger partial charge in [-0.2, -0.15) is 0 Å². The van der Waals surface area contributed by atoms with E-state index in [2.05, 4.69) is 15.6 Å². The number of rotatable bonds is 4. The number of carbonyl (C=O) groups is 1. The van der Waals surface area contributed by atoms with Crippen LogP contribution in [0.4, 0.5) is 5.69 Å². The molecule has 1 heterocycles. The number of H-pyrrole nitrogens is 1. The summed E-state index contributed by atoms with van der Waals surface area (Å²) in [7, 11) is 0. The van der Waals surface area contributed by atoms with Gasteiger partial charge in [0.2, 0.25) is 5.56 Å². The van der Waals surface area contributed by atoms with Crippen LogP contribution in [-0.2, 0) is 0 Å². The Balaban J connectivity index is 1.91. The Morgan fingerprint density at radius 1 is 1.29 bits per heavy atom. The summed E-state index contributed by atoms with van der Waals surface area (Å²) in [6.45, 7) is -0.0141. The molecule has 1 aromatic carbocycles. The van der Waals surface area contributed by atoms with E-state index in [1.807, 2.05) is 6.07 Å². The predicted molar refractivity (Wildman–Crippen MR) is 87.1 cm³/mol. The molecular weight excluding hydrogens is 310 g/mol. The number of carbonyl (C=O) groups excluding carboxylic acids is 1. The molecule has 3 N–H and O–H groups in total. The van der Waals surface area contributed by atoms with Gasteiger partial charge in [-0.1, -0.05) is 23.7 Å². The van der Waals surface area contributed by atoms with Crippen LogP contribution in [-0.4, -0.2) is 22.4 Å². The molecule has 0 bridgehead atoms. The summed E-state index contributed by atoms with van der Waals surface area (Å²) < 4.78 is 0. The van der Waals surface area contributed by atoms with Crippen LogP contribution in [0.1, 0.15) is 10.4 Å². The van der Waals surface area contributed by atoms with Crippen LogP contribution >= 0.6 is 23.8 Å². The summed E-state index contributed by atoms with van der Waals surface area (Å²) in [5.74, 6) is -0.232. The van der Waals surface area contributed by atoms with Crippen molar-refractivity contribution in [3.05, 3.63) is 63.5 Å². The normalized spacial score (nSPS) is 9.95. The fourth-order valence-electron chi connectivity index (χ4n) is 1.61. The van der Waals surface area contributed by atoms with Gasteiger partial charge in [0.1, 0.15) is 0 Å². The van der Waals surface area contributed by atoms with Crippen molar-refractivity contribution in [2.24, 2.45) is 0 Å². The molecule has 0 saturated heterocycles. The van der Waals surface area contributed by atoms with Crippen molar-refractivity contribution in [1.82, 2.24) is 10.3 Å². The maximum Gasteiger partial charge on any atom is 0.248 e. The van der Waals surface area contributed by atoms with Gasteiger partial charge < -0.3 is 15.6 Å². The van der Waals surface area contributed by atoms with Crippen LogP contribution in [0.2, 0.25) is 5.02 Å². The van der Waals surface area contributed by atoms with Gasteiger partial charge >= 0.3 is 0 Å². The van der Waals surface area contributed by atoms with Crippen LogP contribution in [0.5, 0.6) is 0 Å². The molecule has 0 radical (unpaired) electrons. The molecule has 2 aromatic rings. The molecule has 0 unspecified atom stereocenters. The van der Waals surface area contributed by atoms with Crippen molar-refractivity contribution >= 4 is 40.4 Å². The molecule has 5 nitrogen and oxygen atoms in total. The minimum Gasteiger partial charge on any atom is -0.355 e. The molecule has 0 amide bonds. The van der Waals surface area contributed by atoms with E-state index in [0.717, 1.165) is 0 Å². The first-order chi connectivity index (χ1) is 10.1. The molecule has 7 heteroatoms. The molecule has 0 aliphatic heterocycles. The van der Waals surface area contributed by atoms with Gasteiger partial charge in [-0.05, 0) is 30.4 Å². The molecule has 2 rings (SSSR count). The van der Waals surface area contributed by atoms with Crippen molar-refractivity contribution in [3.8, 4) is 0 Å². The summed E-state index contributed by atoms with van der Waals surface area (Å²) >= 11 is 11.1. The maximum atomic E-state index is 11.9. The Morgan fingerprint density at radius 2 is 2.05 bits per heavy atom. The lowest BCUT2D eigenvalue weighted by molar-refractivity contribution is 0.0996. The number of thiocarbonyl (C=S) groups is 1. The molecule has 0 aliphatic rings. The summed E-state index contributed by atoms with van der Waals surface area (Å²) in [4.78, 5) is 25.5. The second-order valence-corrected chi connectivity index (χ2v) is 4.97. The van der Waals surface area contributed by atoms with Crippen molar-refractivity contribution < 1.29 is 4.79 Å². The second-order valence-electron chi connectivity index (χ2n) is 4.15. The number of hydrogen-bond acceptors (Lipinski definition) is 3. The average Bonchev–Trinajstić information content (AvgIpc) is 2.47. The van der Waals surface area contributed by atoms with E-state index in [1.54, 1.807) is 18.2 Å². The first-order valence-corrected chi connectivity index (χ1v) is 6.86. The maximum absolute atomic E-state index is 11.9. The SMILES string of the molecule is O=C(CNC(=S)Nc1ccccc1Cl)c1cc[nH]c(=O)c1. The second kappa shape index (κ2) is 7.01. The molecule has 0 fully saturated rings. The van der Waals surface area contributed by atoms with Crippen LogP contribution in [0, 0.1) is 0 Å². The van der Waals surface area contributed by atoms with Crippen LogP contribution < -0.4 is 16.2 Å². The standard InChI is InChI=1S/C14H12ClN3O2S/c15-10-3-1-2-4-11(10)18-14(21)17-8-12(19)9-5-6-16-13(20)7-9/h1-7H,8H2,(H,16,20)(H2,17,18,21). The Labute approximate surface area is 131 Å². The van der Waals surface area contributed by atoms with E-state index >= 15 is 0 Å². The number of ketones is 1. The van der Waals surface area contributed by atoms with Crippen molar-refractivity contribution in [1.29, 1.82) is 0 Å². The minimum atomic E-state index is -0.322. The van der Waals surface area contributed by atoms with E-state index in [-0.39, 0.29) is 23.0 Å². The third-order valence-corrected chi connectivity index (χ3v) is 3.20. The van der Waals surface area contributed by atoms with Crippen LogP contribution in [0.25, 0.3) is 0 Å². The van der Waals surface area contributed by atoms with Crippen LogP contribution in [0.3, 0.4) is 0 Å². The van der Waals surface area contributed by atoms with Crippen molar-refractivity contribution in [2.45, 2.75) is 0 Å². The van der Waals surface area contributed by atoms with Gasteiger partial charge in [-0.15, -0.1) is 0 Å². The van der Waals surface area contributed by atoms with E-state index in [1.165, 1.54) is 18.3 Å². The zero-order valence-electron chi connectivity index (χ0n) is 10.9. The first kappa shape index (κ1) is 15.2. The van der Waals surface area contributed by atoms with E-state index in [0.29, 0.717) is 16.3 Å². The van der Waals surface area contributed by atoms with Gasteiger partial charge in [0.05, 0.1) is 17.3 Å². The molecule has 21 heavy (non-hydrogen) atoms. The monoisotopic (exact) mass is 321 g/mol. The third-order valence-electron chi connectivity index (χ3n) is 2.63. The average molecular weight is 322 g/mol. The molecular formula is C14H12ClN3O2S. The summed E-state index contributed by atoms with van der Waals surface area (Å²) in [6, 6.07) is 9.91. The number of anilines is 1. The van der Waals surface area contributed by atoms with Gasteiger partial charge in [-0.25, -0.2) is 0 Å². The van der Waals surface area contributed by atoms with E-state index in [4.69, 9.17) is 23.8 Å². The quantitative estimate of drug-likeness (QED) is 0.594. The van der Waals surface area contributed by atoms with E-state index < -0.39 is 0 Å². The number of benzene rings is 1. The number of aromatic amines is 1. The zero-order valence-corrected chi connectivity index (χ0v) is 12.4. The molecule has 0 aliphatic carbocycles. The lowest BCUT2D eigenvalue weighted by atomic mass is 10.2. The topological polar surface area (TPSA) is 74.0 Å². The smallest absolute Gasteiger partial charge is 0.248 e. The predicted octanol–water partition coefficient (Wildman–Crippen LogP) is 2.20. The number of para-hydroxylation sites is 1. The fourth-order valence-corrected chi connectivity index (χ4v) is 1.97. The van der Waals surface area contributed by atoms with Gasteiger partial charge in [0.25, 0.3) is 0 Å². The number of nitrogens with one attached hydrogen (secondary N) is 3. The Hall–Kier alpha value is -2.18. The van der Waals surface area contributed by atoms with Gasteiger partial charge in [0.15, 0.2) is 10.9 Å². The highest BCUT2D eigenvalue weighted by molar-refractivity contribution is 7.80. The molecule has 0 atom stereocenters. The first-order valence-electron chi connectivity index (χ1n) is 6.07. The highest BCUT2D eigenvalue weighted by atomic mass is 35.5. The lowest BCUT2D eigenvalue weighted by Gasteiger charge is -2.11. The summed E-state index contributed by atoms with van der Waals surface area (Å²) in [5, 5.41) is 6.48. The van der Waals surface area contributed by atoms with Crippen molar-refractivity contribution in [3.63, 3.8) is 0 Å². The summed E-state index contributed by atoms with van der Waals surface area (Å²) in [5.41, 5.74) is 0.657. The zero-order chi connectivity index (χ0) is 15.2. The third kappa shape index (κ3) is 4.40. The highest BCUT2D eigenvalue weighted by Crippen LogP contribution is 2.20. The summed E-state index contributed by atoms with van der Waals surface area (Å²) in [6.07, 6.45) is 1.43. The Morgan fingerprint density at radius 3 is 2.76 bits per heavy atom. The molecule has 0 spiro atoms. The lowest BCUT2D eigenvalue weighted by Crippen LogP contribution is -2.33. The number of hydrogen-bond donors (Lipinski definition) is 3. The number of aromatic nitrogens is 1. The van der Waals surface area contributed by atoms with Gasteiger partial charge in [0, 0.05) is 17.8 Å². The molecule has 1 aromatic heterocycles. The molecule has 108 valence electrons.